The zero-order chi connectivity index (χ0) is 5.11. The quantitative estimate of drug-likeness (QED) is 0.625. The zero-order valence-corrected chi connectivity index (χ0v) is 9.50. The summed E-state index contributed by atoms with van der Waals surface area (Å²) < 4.78 is 0. The minimum Gasteiger partial charge on any atom is -0.199 e. The fraction of sp³-hybridized carbons (Fsp3) is 0. The molecule has 0 aromatic heterocycles. The first-order valence-corrected chi connectivity index (χ1v) is 2.26. The van der Waals surface area contributed by atoms with Gasteiger partial charge in [-0.2, -0.15) is 24.6 Å². The molecule has 0 spiro atoms. The van der Waals surface area contributed by atoms with Crippen molar-refractivity contribution in [3.8, 4) is 0 Å². The molecule has 0 radical (unpaired) electrons. The summed E-state index contributed by atoms with van der Waals surface area (Å²) in [6.07, 6.45) is 0. The maximum absolute atomic E-state index is 3.72. The Morgan fingerprint density at radius 2 is 1.30 bits per heavy atom. The fourth-order valence-electron chi connectivity index (χ4n) is 0.478. The van der Waals surface area contributed by atoms with Gasteiger partial charge in [0, 0.05) is 26.2 Å². The van der Waals surface area contributed by atoms with Gasteiger partial charge in [0.15, 0.2) is 0 Å². The molecule has 1 rings (SSSR count). The summed E-state index contributed by atoms with van der Waals surface area (Å²) in [5.74, 6) is 0. The van der Waals surface area contributed by atoms with E-state index in [4.69, 9.17) is 0 Å². The van der Waals surface area contributed by atoms with Gasteiger partial charge in [0.2, 0.25) is 0 Å². The second-order valence-corrected chi connectivity index (χ2v) is 1.49. The number of halogens is 2. The SMILES string of the molecule is Cl.Cl.[CH2-]c1ccccc1.[Zr]. The first-order chi connectivity index (χ1) is 3.39. The summed E-state index contributed by atoms with van der Waals surface area (Å²) in [6, 6.07) is 9.87. The summed E-state index contributed by atoms with van der Waals surface area (Å²) in [7, 11) is 0. The van der Waals surface area contributed by atoms with E-state index >= 15 is 0 Å². The number of rotatable bonds is 0. The maximum Gasteiger partial charge on any atom is 0 e. The number of hydrogen-bond donors (Lipinski definition) is 0. The molecule has 0 fully saturated rings. The number of benzene rings is 1. The van der Waals surface area contributed by atoms with E-state index in [1.807, 2.05) is 30.3 Å². The van der Waals surface area contributed by atoms with Crippen molar-refractivity contribution >= 4 is 24.8 Å². The molecule has 0 saturated carbocycles. The van der Waals surface area contributed by atoms with Crippen LogP contribution >= 0.6 is 24.8 Å². The van der Waals surface area contributed by atoms with Gasteiger partial charge >= 0.3 is 0 Å². The summed E-state index contributed by atoms with van der Waals surface area (Å²) in [6.45, 7) is 3.72. The van der Waals surface area contributed by atoms with Crippen LogP contribution in [0.5, 0.6) is 0 Å². The van der Waals surface area contributed by atoms with Crippen molar-refractivity contribution in [1.82, 2.24) is 0 Å². The minimum absolute atomic E-state index is 0. The molecule has 10 heavy (non-hydrogen) atoms. The summed E-state index contributed by atoms with van der Waals surface area (Å²) in [5, 5.41) is 0. The van der Waals surface area contributed by atoms with E-state index in [0.29, 0.717) is 0 Å². The Hall–Kier alpha value is 0.553. The molecule has 3 heteroatoms. The molecule has 0 bridgehead atoms. The molecule has 0 aliphatic carbocycles. The van der Waals surface area contributed by atoms with Crippen molar-refractivity contribution in [3.05, 3.63) is 42.8 Å². The molecule has 0 aliphatic heterocycles. The van der Waals surface area contributed by atoms with Gasteiger partial charge < -0.3 is 0 Å². The van der Waals surface area contributed by atoms with E-state index in [1.54, 1.807) is 0 Å². The second kappa shape index (κ2) is 9.55. The summed E-state index contributed by atoms with van der Waals surface area (Å²) in [4.78, 5) is 0. The minimum atomic E-state index is 0. The van der Waals surface area contributed by atoms with Crippen LogP contribution in [-0.4, -0.2) is 0 Å². The maximum atomic E-state index is 3.72. The molecule has 1 aromatic carbocycles. The Labute approximate surface area is 93.4 Å². The Morgan fingerprint density at radius 1 is 0.900 bits per heavy atom. The van der Waals surface area contributed by atoms with Crippen molar-refractivity contribution in [3.63, 3.8) is 0 Å². The summed E-state index contributed by atoms with van der Waals surface area (Å²) >= 11 is 0. The van der Waals surface area contributed by atoms with Crippen LogP contribution in [0, 0.1) is 6.92 Å². The molecule has 1 aromatic rings. The smallest absolute Gasteiger partial charge is 0 e. The van der Waals surface area contributed by atoms with Gasteiger partial charge in [-0.05, 0) is 0 Å². The van der Waals surface area contributed by atoms with E-state index in [2.05, 4.69) is 6.92 Å². The monoisotopic (exact) mass is 253 g/mol. The van der Waals surface area contributed by atoms with E-state index < -0.39 is 0 Å². The van der Waals surface area contributed by atoms with Gasteiger partial charge in [-0.1, -0.05) is 6.07 Å². The summed E-state index contributed by atoms with van der Waals surface area (Å²) in [5.41, 5.74) is 1.07. The first kappa shape index (κ1) is 16.9. The van der Waals surface area contributed by atoms with Crippen molar-refractivity contribution < 1.29 is 26.2 Å². The third kappa shape index (κ3) is 6.67. The molecule has 0 amide bonds. The predicted molar refractivity (Wildman–Crippen MR) is 45.4 cm³/mol. The fourth-order valence-corrected chi connectivity index (χ4v) is 0.478. The molecule has 0 saturated heterocycles. The van der Waals surface area contributed by atoms with Gasteiger partial charge in [-0.15, -0.1) is 36.9 Å². The molecular weight excluding hydrogens is 246 g/mol. The van der Waals surface area contributed by atoms with Gasteiger partial charge in [-0.25, -0.2) is 0 Å². The van der Waals surface area contributed by atoms with Gasteiger partial charge in [-0.3, -0.25) is 0 Å². The van der Waals surface area contributed by atoms with Crippen LogP contribution in [0.15, 0.2) is 30.3 Å². The average Bonchev–Trinajstić information content (AvgIpc) is 1.69. The number of hydrogen-bond acceptors (Lipinski definition) is 0. The van der Waals surface area contributed by atoms with Gasteiger partial charge in [0.1, 0.15) is 0 Å². The van der Waals surface area contributed by atoms with Crippen LogP contribution < -0.4 is 0 Å². The van der Waals surface area contributed by atoms with Crippen LogP contribution in [0.1, 0.15) is 5.56 Å². The van der Waals surface area contributed by atoms with Crippen molar-refractivity contribution in [2.75, 3.05) is 0 Å². The predicted octanol–water partition coefficient (Wildman–Crippen LogP) is 2.71. The average molecular weight is 255 g/mol. The van der Waals surface area contributed by atoms with Gasteiger partial charge in [0.05, 0.1) is 0 Å². The first-order valence-electron chi connectivity index (χ1n) is 2.26. The molecule has 0 nitrogen and oxygen atoms in total. The Kier molecular flexibility index (Phi) is 16.1. The molecule has 56 valence electrons. The van der Waals surface area contributed by atoms with Crippen LogP contribution in [0.3, 0.4) is 0 Å². The zero-order valence-electron chi connectivity index (χ0n) is 5.41. The molecule has 0 heterocycles. The normalized spacial score (nSPS) is 6.00. The third-order valence-electron chi connectivity index (χ3n) is 0.843. The standard InChI is InChI=1S/C7H7.2ClH.Zr/c1-7-5-3-2-4-6-7;;;/h2-6H,1H2;2*1H;/q-1;;;. The Balaban J connectivity index is -0.000000163. The third-order valence-corrected chi connectivity index (χ3v) is 0.843. The van der Waals surface area contributed by atoms with E-state index in [9.17, 15) is 0 Å². The molecule has 0 N–H and O–H groups in total. The van der Waals surface area contributed by atoms with Crippen molar-refractivity contribution in [1.29, 1.82) is 0 Å². The van der Waals surface area contributed by atoms with Gasteiger partial charge in [0.25, 0.3) is 0 Å². The molecular formula is C7H9Cl2Zr-. The van der Waals surface area contributed by atoms with Crippen LogP contribution in [0.2, 0.25) is 0 Å². The second-order valence-electron chi connectivity index (χ2n) is 1.49. The van der Waals surface area contributed by atoms with E-state index in [0.717, 1.165) is 5.56 Å². The largest absolute Gasteiger partial charge is 0.199 e. The van der Waals surface area contributed by atoms with Crippen molar-refractivity contribution in [2.45, 2.75) is 0 Å². The Morgan fingerprint density at radius 3 is 1.50 bits per heavy atom. The van der Waals surface area contributed by atoms with E-state index in [-0.39, 0.29) is 51.0 Å². The topological polar surface area (TPSA) is 0 Å². The van der Waals surface area contributed by atoms with Crippen LogP contribution in [0.4, 0.5) is 0 Å². The molecule has 0 aliphatic rings. The van der Waals surface area contributed by atoms with Crippen LogP contribution in [-0.2, 0) is 26.2 Å². The Bertz CT molecular complexity index is 142. The molecule has 0 unspecified atom stereocenters. The van der Waals surface area contributed by atoms with E-state index in [1.165, 1.54) is 0 Å². The molecule has 0 atom stereocenters. The van der Waals surface area contributed by atoms with Crippen LogP contribution in [0.25, 0.3) is 0 Å². The van der Waals surface area contributed by atoms with Crippen molar-refractivity contribution in [2.24, 2.45) is 0 Å².